The minimum atomic E-state index is -0.250. The molecular weight excluding hydrogens is 376 g/mol. The van der Waals surface area contributed by atoms with Gasteiger partial charge < -0.3 is 15.1 Å². The van der Waals surface area contributed by atoms with E-state index in [0.717, 1.165) is 24.5 Å². The van der Waals surface area contributed by atoms with Crippen LogP contribution in [0, 0.1) is 18.8 Å². The van der Waals surface area contributed by atoms with Crippen molar-refractivity contribution in [1.29, 1.82) is 0 Å². The molecule has 0 radical (unpaired) electrons. The summed E-state index contributed by atoms with van der Waals surface area (Å²) in [6.45, 7) is 4.71. The Balaban J connectivity index is 1.30. The number of nitrogens with one attached hydrogen (secondary N) is 1. The Hall–Kier alpha value is -2.60. The second-order valence-corrected chi connectivity index (χ2v) is 7.76. The summed E-state index contributed by atoms with van der Waals surface area (Å²) in [7, 11) is 0. The van der Waals surface area contributed by atoms with Crippen molar-refractivity contribution >= 4 is 34.9 Å². The first-order valence-corrected chi connectivity index (χ1v) is 9.93. The van der Waals surface area contributed by atoms with E-state index in [1.807, 2.05) is 42.2 Å². The van der Waals surface area contributed by atoms with Crippen molar-refractivity contribution in [3.8, 4) is 0 Å². The first kappa shape index (κ1) is 18.7. The van der Waals surface area contributed by atoms with Gasteiger partial charge in [0.15, 0.2) is 0 Å². The third-order valence-corrected chi connectivity index (χ3v) is 5.94. The van der Waals surface area contributed by atoms with Gasteiger partial charge in [-0.15, -0.1) is 0 Å². The highest BCUT2D eigenvalue weighted by atomic mass is 35.5. The Morgan fingerprint density at radius 2 is 1.86 bits per heavy atom. The fourth-order valence-electron chi connectivity index (χ4n) is 3.66. The fraction of sp³-hybridized carbons (Fsp3) is 0.381. The van der Waals surface area contributed by atoms with Crippen LogP contribution < -0.4 is 10.2 Å². The van der Waals surface area contributed by atoms with E-state index in [1.165, 1.54) is 0 Å². The number of carbonyl (C=O) groups is 2. The predicted octanol–water partition coefficient (Wildman–Crippen LogP) is 2.97. The SMILES string of the molecule is Cc1c(Cl)cccc1NC(=O)C1CC1C(=O)N1CCN(c2ccccn2)CC1. The van der Waals surface area contributed by atoms with Crippen molar-refractivity contribution in [3.63, 3.8) is 0 Å². The molecule has 1 saturated carbocycles. The van der Waals surface area contributed by atoms with Crippen LogP contribution in [0.1, 0.15) is 12.0 Å². The summed E-state index contributed by atoms with van der Waals surface area (Å²) in [4.78, 5) is 33.7. The molecule has 2 fully saturated rings. The Kier molecular flexibility index (Phi) is 5.22. The number of carbonyl (C=O) groups excluding carboxylic acids is 2. The molecule has 2 amide bonds. The highest BCUT2D eigenvalue weighted by Gasteiger charge is 2.49. The molecule has 0 bridgehead atoms. The van der Waals surface area contributed by atoms with Gasteiger partial charge in [-0.05, 0) is 43.2 Å². The fourth-order valence-corrected chi connectivity index (χ4v) is 3.83. The Morgan fingerprint density at radius 1 is 1.07 bits per heavy atom. The van der Waals surface area contributed by atoms with Gasteiger partial charge in [0.1, 0.15) is 5.82 Å². The number of rotatable bonds is 4. The lowest BCUT2D eigenvalue weighted by Crippen LogP contribution is -2.49. The van der Waals surface area contributed by atoms with Gasteiger partial charge in [-0.2, -0.15) is 0 Å². The second-order valence-electron chi connectivity index (χ2n) is 7.35. The molecule has 6 nitrogen and oxygen atoms in total. The van der Waals surface area contributed by atoms with E-state index in [2.05, 4.69) is 15.2 Å². The Bertz CT molecular complexity index is 881. The average Bonchev–Trinajstić information content (AvgIpc) is 3.53. The Labute approximate surface area is 169 Å². The number of pyridine rings is 1. The number of benzene rings is 1. The largest absolute Gasteiger partial charge is 0.353 e. The van der Waals surface area contributed by atoms with Gasteiger partial charge in [-0.3, -0.25) is 9.59 Å². The normalized spacial score (nSPS) is 21.4. The van der Waals surface area contributed by atoms with Gasteiger partial charge in [0.25, 0.3) is 0 Å². The number of hydrogen-bond acceptors (Lipinski definition) is 4. The van der Waals surface area contributed by atoms with Crippen molar-refractivity contribution in [1.82, 2.24) is 9.88 Å². The van der Waals surface area contributed by atoms with E-state index in [1.54, 1.807) is 12.3 Å². The van der Waals surface area contributed by atoms with Crippen LogP contribution in [0.2, 0.25) is 5.02 Å². The summed E-state index contributed by atoms with van der Waals surface area (Å²) in [5.74, 6) is 0.468. The van der Waals surface area contributed by atoms with E-state index in [0.29, 0.717) is 30.2 Å². The number of aromatic nitrogens is 1. The minimum Gasteiger partial charge on any atom is -0.353 e. The molecular formula is C21H23ClN4O2. The van der Waals surface area contributed by atoms with Gasteiger partial charge in [-0.25, -0.2) is 4.98 Å². The van der Waals surface area contributed by atoms with Gasteiger partial charge in [-0.1, -0.05) is 23.7 Å². The van der Waals surface area contributed by atoms with Gasteiger partial charge in [0, 0.05) is 43.1 Å². The predicted molar refractivity (Wildman–Crippen MR) is 109 cm³/mol. The molecule has 2 atom stereocenters. The topological polar surface area (TPSA) is 65.5 Å². The van der Waals surface area contributed by atoms with Crippen molar-refractivity contribution in [2.75, 3.05) is 36.4 Å². The molecule has 1 aliphatic carbocycles. The van der Waals surface area contributed by atoms with Crippen LogP contribution in [0.3, 0.4) is 0 Å². The quantitative estimate of drug-likeness (QED) is 0.859. The monoisotopic (exact) mass is 398 g/mol. The van der Waals surface area contributed by atoms with Gasteiger partial charge >= 0.3 is 0 Å². The summed E-state index contributed by atoms with van der Waals surface area (Å²) >= 11 is 6.11. The summed E-state index contributed by atoms with van der Waals surface area (Å²) in [6, 6.07) is 11.3. The van der Waals surface area contributed by atoms with Crippen LogP contribution in [-0.2, 0) is 9.59 Å². The number of nitrogens with zero attached hydrogens (tertiary/aromatic N) is 3. The third kappa shape index (κ3) is 3.83. The van der Waals surface area contributed by atoms with E-state index in [9.17, 15) is 9.59 Å². The van der Waals surface area contributed by atoms with Crippen LogP contribution in [0.15, 0.2) is 42.6 Å². The van der Waals surface area contributed by atoms with E-state index in [-0.39, 0.29) is 23.7 Å². The zero-order valence-corrected chi connectivity index (χ0v) is 16.5. The third-order valence-electron chi connectivity index (χ3n) is 5.53. The molecule has 146 valence electrons. The molecule has 28 heavy (non-hydrogen) atoms. The standard InChI is InChI=1S/C21H23ClN4O2/c1-14-17(22)5-4-6-18(14)24-20(27)15-13-16(15)21(28)26-11-9-25(10-12-26)19-7-2-3-8-23-19/h2-8,15-16H,9-13H2,1H3,(H,24,27). The molecule has 1 aliphatic heterocycles. The van der Waals surface area contributed by atoms with E-state index < -0.39 is 0 Å². The van der Waals surface area contributed by atoms with E-state index >= 15 is 0 Å². The van der Waals surface area contributed by atoms with Crippen LogP contribution >= 0.6 is 11.6 Å². The zero-order valence-electron chi connectivity index (χ0n) is 15.8. The maximum atomic E-state index is 12.8. The molecule has 2 aliphatic rings. The van der Waals surface area contributed by atoms with Crippen LogP contribution in [0.5, 0.6) is 0 Å². The molecule has 1 aromatic carbocycles. The average molecular weight is 399 g/mol. The lowest BCUT2D eigenvalue weighted by molar-refractivity contribution is -0.134. The molecule has 2 heterocycles. The molecule has 1 aromatic heterocycles. The summed E-state index contributed by atoms with van der Waals surface area (Å²) < 4.78 is 0. The maximum absolute atomic E-state index is 12.8. The molecule has 0 spiro atoms. The van der Waals surface area contributed by atoms with Crippen LogP contribution in [0.4, 0.5) is 11.5 Å². The molecule has 1 saturated heterocycles. The maximum Gasteiger partial charge on any atom is 0.228 e. The Morgan fingerprint density at radius 3 is 2.57 bits per heavy atom. The number of piperazine rings is 1. The van der Waals surface area contributed by atoms with Crippen molar-refractivity contribution in [2.45, 2.75) is 13.3 Å². The van der Waals surface area contributed by atoms with Crippen molar-refractivity contribution < 1.29 is 9.59 Å². The highest BCUT2D eigenvalue weighted by molar-refractivity contribution is 6.31. The molecule has 2 unspecified atom stereocenters. The van der Waals surface area contributed by atoms with Crippen LogP contribution in [0.25, 0.3) is 0 Å². The first-order valence-electron chi connectivity index (χ1n) is 9.55. The summed E-state index contributed by atoms with van der Waals surface area (Å²) in [5.41, 5.74) is 1.55. The summed E-state index contributed by atoms with van der Waals surface area (Å²) in [6.07, 6.45) is 2.40. The number of hydrogen-bond donors (Lipinski definition) is 1. The smallest absolute Gasteiger partial charge is 0.228 e. The van der Waals surface area contributed by atoms with Crippen molar-refractivity contribution in [3.05, 3.63) is 53.2 Å². The van der Waals surface area contributed by atoms with E-state index in [4.69, 9.17) is 11.6 Å². The number of halogens is 1. The number of anilines is 2. The number of amides is 2. The van der Waals surface area contributed by atoms with Gasteiger partial charge in [0.2, 0.25) is 11.8 Å². The van der Waals surface area contributed by atoms with Crippen LogP contribution in [-0.4, -0.2) is 47.9 Å². The van der Waals surface area contributed by atoms with Crippen molar-refractivity contribution in [2.24, 2.45) is 11.8 Å². The first-order chi connectivity index (χ1) is 13.5. The second kappa shape index (κ2) is 7.80. The summed E-state index contributed by atoms with van der Waals surface area (Å²) in [5, 5.41) is 3.54. The van der Waals surface area contributed by atoms with Gasteiger partial charge in [0.05, 0.1) is 11.8 Å². The minimum absolute atomic E-state index is 0.0867. The molecule has 4 rings (SSSR count). The zero-order chi connectivity index (χ0) is 19.7. The lowest BCUT2D eigenvalue weighted by Gasteiger charge is -2.35. The molecule has 1 N–H and O–H groups in total. The molecule has 7 heteroatoms. The molecule has 2 aromatic rings. The lowest BCUT2D eigenvalue weighted by atomic mass is 10.2. The highest BCUT2D eigenvalue weighted by Crippen LogP contribution is 2.41.